The summed E-state index contributed by atoms with van der Waals surface area (Å²) in [7, 11) is -6.66. The van der Waals surface area contributed by atoms with Crippen molar-refractivity contribution in [2.24, 2.45) is 3.15 Å². The number of nitrogen functional groups attached to an aromatic ring is 1. The Morgan fingerprint density at radius 2 is 1.92 bits per heavy atom. The van der Waals surface area contributed by atoms with Crippen LogP contribution in [-0.2, 0) is 40.0 Å². The monoisotopic (exact) mass is 854 g/mol. The van der Waals surface area contributed by atoms with E-state index in [1.165, 1.54) is 32.2 Å². The van der Waals surface area contributed by atoms with Gasteiger partial charge in [0, 0.05) is 7.05 Å². The summed E-state index contributed by atoms with van der Waals surface area (Å²) in [5.41, 5.74) is 4.63. The molecule has 1 aromatic heterocycles. The number of anilines is 3. The van der Waals surface area contributed by atoms with Gasteiger partial charge in [0.05, 0.1) is 25.0 Å². The molecule has 3 unspecified atom stereocenters. The number of nitrogens with one attached hydrogen (secondary N) is 2. The molecule has 1 fully saturated rings. The molecular weight excluding hydrogens is 820 g/mol. The van der Waals surface area contributed by atoms with Crippen molar-refractivity contribution in [3.8, 4) is 5.75 Å². The highest BCUT2D eigenvalue weighted by Crippen LogP contribution is 2.52. The number of rotatable bonds is 14. The number of hydrazine groups is 1. The molecule has 17 nitrogen and oxygen atoms in total. The van der Waals surface area contributed by atoms with E-state index in [1.54, 1.807) is 28.2 Å². The lowest BCUT2D eigenvalue weighted by atomic mass is 9.95. The molecule has 50 heavy (non-hydrogen) atoms. The molecule has 272 valence electrons. The van der Waals surface area contributed by atoms with Gasteiger partial charge in [-0.05, 0) is 38.1 Å². The summed E-state index contributed by atoms with van der Waals surface area (Å²) in [6.07, 6.45) is -1.37. The minimum atomic E-state index is -4.42. The van der Waals surface area contributed by atoms with Gasteiger partial charge >= 0.3 is 13.7 Å². The Morgan fingerprint density at radius 3 is 2.58 bits per heavy atom. The van der Waals surface area contributed by atoms with Crippen molar-refractivity contribution >= 4 is 68.3 Å². The molecule has 3 aromatic rings. The predicted octanol–water partition coefficient (Wildman–Crippen LogP) is 3.20. The van der Waals surface area contributed by atoms with Gasteiger partial charge in [-0.25, -0.2) is 21.8 Å². The topological polar surface area (TPSA) is 220 Å². The molecule has 5 rings (SSSR count). The summed E-state index contributed by atoms with van der Waals surface area (Å²) >= 11 is -1.24. The second-order valence-corrected chi connectivity index (χ2v) is 16.7. The van der Waals surface area contributed by atoms with Crippen LogP contribution in [0.5, 0.6) is 5.75 Å². The Labute approximate surface area is 296 Å². The molecule has 0 saturated carbocycles. The zero-order chi connectivity index (χ0) is 36.4. The van der Waals surface area contributed by atoms with E-state index < -0.39 is 99.2 Å². The van der Waals surface area contributed by atoms with Gasteiger partial charge in [-0.3, -0.25) is 17.4 Å². The van der Waals surface area contributed by atoms with Crippen LogP contribution in [0.1, 0.15) is 19.4 Å². The lowest BCUT2D eigenvalue weighted by Crippen LogP contribution is -2.52. The third-order valence-electron chi connectivity index (χ3n) is 7.40. The third-order valence-corrected chi connectivity index (χ3v) is 12.3. The molecule has 1 saturated heterocycles. The van der Waals surface area contributed by atoms with Crippen molar-refractivity contribution in [2.45, 2.75) is 44.2 Å². The van der Waals surface area contributed by atoms with Crippen LogP contribution in [0.4, 0.5) is 32.1 Å². The number of fused-ring (bicyclic) bond motifs is 1. The van der Waals surface area contributed by atoms with Crippen LogP contribution in [0.15, 0.2) is 51.7 Å². The van der Waals surface area contributed by atoms with E-state index >= 15 is 0 Å². The molecule has 3 heterocycles. The number of para-hydroxylation sites is 1. The summed E-state index contributed by atoms with van der Waals surface area (Å²) in [6, 6.07) is 9.81. The first-order valence-electron chi connectivity index (χ1n) is 14.7. The van der Waals surface area contributed by atoms with Gasteiger partial charge in [-0.1, -0.05) is 24.3 Å². The van der Waals surface area contributed by atoms with E-state index in [2.05, 4.69) is 23.0 Å². The van der Waals surface area contributed by atoms with Crippen LogP contribution in [0.2, 0.25) is 0 Å². The van der Waals surface area contributed by atoms with Crippen molar-refractivity contribution in [3.63, 3.8) is 0 Å². The van der Waals surface area contributed by atoms with E-state index in [9.17, 15) is 31.7 Å². The standard InChI is InChI=1S/C28H34F2IN8O9PS/c1-16(26(41)45-13-18-19(29)11-8-12-20(18)30)36-49(42,48-17-9-6-5-7-10-17)47-14-21-23(40)28(2,15-46-21)39-25-22(35-31-39)24(33-27(32)34-25)38(3)37-50(4,43)44/h5-12,16,21,23,37,40H,13-15H2,1-4H3,(H,36,42)(H2,32,33,34)/t16?,21?,23-,28-,49?/m1/s1. The fraction of sp³-hybridized carbons (Fsp3) is 0.393. The van der Waals surface area contributed by atoms with Crippen molar-refractivity contribution in [1.82, 2.24) is 19.9 Å². The van der Waals surface area contributed by atoms with Gasteiger partial charge < -0.3 is 24.8 Å². The largest absolute Gasteiger partial charge is 0.459 e. The number of ether oxygens (including phenoxy) is 2. The number of esters is 1. The number of aliphatic hydroxyl groups excluding tert-OH is 1. The molecule has 0 amide bonds. The van der Waals surface area contributed by atoms with Crippen LogP contribution < -0.4 is 28.3 Å². The number of nitrogens with two attached hydrogens (primary N) is 1. The minimum Gasteiger partial charge on any atom is -0.459 e. The van der Waals surface area contributed by atoms with Crippen molar-refractivity contribution in [1.29, 1.82) is 0 Å². The normalized spacial score (nSPS) is 21.9. The highest BCUT2D eigenvalue weighted by molar-refractivity contribution is 14.2. The number of benzene rings is 2. The maximum atomic E-state index is 14.0. The fourth-order valence-corrected chi connectivity index (χ4v) is 9.31. The molecule has 22 heteroatoms. The summed E-state index contributed by atoms with van der Waals surface area (Å²) in [4.78, 5) is 23.5. The van der Waals surface area contributed by atoms with Crippen LogP contribution in [0.3, 0.4) is 0 Å². The fourth-order valence-electron chi connectivity index (χ4n) is 4.90. The predicted molar refractivity (Wildman–Crippen MR) is 185 cm³/mol. The van der Waals surface area contributed by atoms with Gasteiger partial charge in [-0.15, -0.1) is 4.83 Å². The van der Waals surface area contributed by atoms with E-state index in [1.807, 2.05) is 0 Å². The molecule has 5 atom stereocenters. The minimum absolute atomic E-state index is 0.0554. The average Bonchev–Trinajstić information content (AvgIpc) is 3.59. The highest BCUT2D eigenvalue weighted by Gasteiger charge is 2.53. The number of hydrogen-bond acceptors (Lipinski definition) is 15. The van der Waals surface area contributed by atoms with Crippen molar-refractivity contribution in [3.05, 3.63) is 65.7 Å². The molecule has 5 N–H and O–H groups in total. The number of hydrogen-bond donors (Lipinski definition) is 4. The maximum absolute atomic E-state index is 14.0. The number of carbonyl (C=O) groups is 1. The van der Waals surface area contributed by atoms with Gasteiger partial charge in [0.15, 0.2) is 17.3 Å². The number of aliphatic hydroxyl groups is 1. The highest BCUT2D eigenvalue weighted by atomic mass is 127. The Hall–Kier alpha value is -3.44. The number of nitrogens with zero attached hydrogens (tertiary/aromatic N) is 5. The first-order valence-corrected chi connectivity index (χ1v) is 20.1. The molecule has 2 aromatic carbocycles. The molecule has 0 bridgehead atoms. The van der Waals surface area contributed by atoms with Gasteiger partial charge in [0.25, 0.3) is 0 Å². The third kappa shape index (κ3) is 8.53. The molecule has 2 aliphatic rings. The SMILES string of the molecule is CC(NP(=O)(OCC1OC[C@@](C)(N2I=Nc3c(N(C)NS(C)(=O)=O)nc(N)nc32)[C@@H]1O)Oc1ccccc1)C(=O)OCc1c(F)cccc1F. The van der Waals surface area contributed by atoms with E-state index in [4.69, 9.17) is 24.3 Å². The van der Waals surface area contributed by atoms with Crippen LogP contribution in [0.25, 0.3) is 0 Å². The summed E-state index contributed by atoms with van der Waals surface area (Å²) < 4.78 is 94.4. The lowest BCUT2D eigenvalue weighted by Gasteiger charge is -2.35. The summed E-state index contributed by atoms with van der Waals surface area (Å²) in [6.45, 7) is 1.74. The molecule has 0 aliphatic carbocycles. The van der Waals surface area contributed by atoms with Gasteiger partial charge in [0.1, 0.15) is 69.1 Å². The first-order chi connectivity index (χ1) is 23.5. The second kappa shape index (κ2) is 15.0. The van der Waals surface area contributed by atoms with E-state index in [0.29, 0.717) is 0 Å². The average molecular weight is 855 g/mol. The van der Waals surface area contributed by atoms with Gasteiger partial charge in [-0.2, -0.15) is 18.2 Å². The first kappa shape index (κ1) is 37.8. The summed E-state index contributed by atoms with van der Waals surface area (Å²) in [5, 5.41) is 15.2. The number of carbonyl (C=O) groups excluding carboxylic acids is 1. The van der Waals surface area contributed by atoms with Crippen LogP contribution in [-0.4, -0.2) is 79.8 Å². The molecule has 0 radical (unpaired) electrons. The second-order valence-electron chi connectivity index (χ2n) is 11.4. The van der Waals surface area contributed by atoms with Crippen LogP contribution in [0, 0.1) is 11.6 Å². The molecule has 0 spiro atoms. The van der Waals surface area contributed by atoms with E-state index in [0.717, 1.165) is 23.4 Å². The van der Waals surface area contributed by atoms with Gasteiger partial charge in [0.2, 0.25) is 16.0 Å². The number of aromatic nitrogens is 2. The number of halogens is 3. The zero-order valence-electron chi connectivity index (χ0n) is 27.0. The molecular formula is C28H34F2IN8O9PS. The molecule has 2 aliphatic heterocycles. The zero-order valence-corrected chi connectivity index (χ0v) is 30.9. The Bertz CT molecular complexity index is 1920. The van der Waals surface area contributed by atoms with Crippen molar-refractivity contribution in [2.75, 3.05) is 40.4 Å². The number of sulfonamides is 1. The Kier molecular flexibility index (Phi) is 11.4. The Morgan fingerprint density at radius 1 is 1.24 bits per heavy atom. The van der Waals surface area contributed by atoms with E-state index in [-0.39, 0.29) is 35.6 Å². The summed E-state index contributed by atoms with van der Waals surface area (Å²) in [5.74, 6) is -2.48. The smallest absolute Gasteiger partial charge is 0.459 e. The maximum Gasteiger partial charge on any atom is 0.459 e. The van der Waals surface area contributed by atoms with Crippen LogP contribution >= 0.6 is 29.1 Å². The van der Waals surface area contributed by atoms with Crippen molar-refractivity contribution < 1.29 is 50.2 Å². The Balaban J connectivity index is 1.30. The quantitative estimate of drug-likeness (QED) is 0.0602. The lowest BCUT2D eigenvalue weighted by molar-refractivity contribution is -0.146.